The van der Waals surface area contributed by atoms with Crippen LogP contribution < -0.4 is 15.4 Å². The van der Waals surface area contributed by atoms with Crippen LogP contribution in [0.3, 0.4) is 0 Å². The average Bonchev–Trinajstić information content (AvgIpc) is 3.24. The number of hydrogen-bond acceptors (Lipinski definition) is 4. The smallest absolute Gasteiger partial charge is 0.471 e. The molecule has 4 aromatic rings. The van der Waals surface area contributed by atoms with Gasteiger partial charge < -0.3 is 15.4 Å². The molecule has 0 saturated carbocycles. The number of benzene rings is 3. The predicted octanol–water partition coefficient (Wildman–Crippen LogP) is 5.79. The van der Waals surface area contributed by atoms with E-state index in [1.165, 1.54) is 12.1 Å². The van der Waals surface area contributed by atoms with Gasteiger partial charge in [-0.2, -0.15) is 18.3 Å². The molecule has 0 aliphatic rings. The first-order valence-corrected chi connectivity index (χ1v) is 9.89. The Labute approximate surface area is 187 Å². The number of alkyl halides is 3. The Morgan fingerprint density at radius 1 is 0.909 bits per heavy atom. The van der Waals surface area contributed by atoms with Crippen LogP contribution in [0.4, 0.5) is 30.4 Å². The molecule has 33 heavy (non-hydrogen) atoms. The van der Waals surface area contributed by atoms with Gasteiger partial charge in [0, 0.05) is 11.6 Å². The van der Waals surface area contributed by atoms with Gasteiger partial charge in [0.25, 0.3) is 0 Å². The van der Waals surface area contributed by atoms with E-state index in [0.29, 0.717) is 17.3 Å². The molecule has 6 nitrogen and oxygen atoms in total. The average molecular weight is 452 g/mol. The number of anilines is 3. The van der Waals surface area contributed by atoms with E-state index >= 15 is 0 Å². The predicted molar refractivity (Wildman–Crippen MR) is 120 cm³/mol. The maximum absolute atomic E-state index is 12.8. The Kier molecular flexibility index (Phi) is 6.03. The lowest BCUT2D eigenvalue weighted by atomic mass is 10.1. The van der Waals surface area contributed by atoms with Gasteiger partial charge in [0.05, 0.1) is 29.9 Å². The lowest BCUT2D eigenvalue weighted by Crippen LogP contribution is -2.30. The van der Waals surface area contributed by atoms with Gasteiger partial charge in [-0.05, 0) is 48.5 Å². The molecule has 9 heteroatoms. The first-order chi connectivity index (χ1) is 15.8. The minimum Gasteiger partial charge on any atom is -0.497 e. The third-order valence-corrected chi connectivity index (χ3v) is 4.79. The molecule has 1 amide bonds. The van der Waals surface area contributed by atoms with Crippen LogP contribution in [0.5, 0.6) is 5.75 Å². The van der Waals surface area contributed by atoms with Crippen molar-refractivity contribution in [3.8, 4) is 22.7 Å². The zero-order valence-corrected chi connectivity index (χ0v) is 17.4. The number of hydrogen-bond donors (Lipinski definition) is 2. The van der Waals surface area contributed by atoms with Crippen molar-refractivity contribution >= 4 is 23.1 Å². The number of nitrogens with zero attached hydrogens (tertiary/aromatic N) is 2. The summed E-state index contributed by atoms with van der Waals surface area (Å²) in [7, 11) is 1.58. The normalized spacial score (nSPS) is 11.2. The Bertz CT molecular complexity index is 1250. The van der Waals surface area contributed by atoms with E-state index in [2.05, 4.69) is 10.4 Å². The highest BCUT2D eigenvalue weighted by Gasteiger charge is 2.39. The van der Waals surface area contributed by atoms with Gasteiger partial charge in [-0.1, -0.05) is 30.3 Å². The van der Waals surface area contributed by atoms with Crippen molar-refractivity contribution in [3.63, 3.8) is 0 Å². The third-order valence-electron chi connectivity index (χ3n) is 4.79. The molecular formula is C24H19F3N4O2. The number of aromatic nitrogens is 2. The molecule has 0 atom stereocenters. The second-order valence-corrected chi connectivity index (χ2v) is 7.01. The largest absolute Gasteiger partial charge is 0.497 e. The fraction of sp³-hybridized carbons (Fsp3) is 0.0833. The molecule has 168 valence electrons. The number of carbonyl (C=O) groups excluding carboxylic acids is 1. The first-order valence-electron chi connectivity index (χ1n) is 9.89. The summed E-state index contributed by atoms with van der Waals surface area (Å²) in [6.45, 7) is 0. The fourth-order valence-electron chi connectivity index (χ4n) is 3.17. The lowest BCUT2D eigenvalue weighted by Gasteiger charge is -2.15. The molecule has 2 N–H and O–H groups in total. The number of carbonyl (C=O) groups is 1. The molecule has 0 unspecified atom stereocenters. The summed E-state index contributed by atoms with van der Waals surface area (Å²) in [5, 5.41) is 9.69. The van der Waals surface area contributed by atoms with Crippen LogP contribution in [-0.2, 0) is 4.79 Å². The number of halogens is 3. The van der Waals surface area contributed by atoms with Crippen molar-refractivity contribution < 1.29 is 22.7 Å². The molecule has 4 rings (SSSR count). The van der Waals surface area contributed by atoms with E-state index in [1.54, 1.807) is 30.0 Å². The number of amides is 1. The van der Waals surface area contributed by atoms with Gasteiger partial charge in [0.1, 0.15) is 11.6 Å². The monoisotopic (exact) mass is 452 g/mol. The number of para-hydroxylation sites is 3. The van der Waals surface area contributed by atoms with Crippen molar-refractivity contribution in [2.24, 2.45) is 0 Å². The fourth-order valence-corrected chi connectivity index (χ4v) is 3.17. The Morgan fingerprint density at radius 2 is 1.55 bits per heavy atom. The first kappa shape index (κ1) is 21.9. The van der Waals surface area contributed by atoms with Gasteiger partial charge in [-0.25, -0.2) is 4.68 Å². The summed E-state index contributed by atoms with van der Waals surface area (Å²) in [5.74, 6) is -0.845. The van der Waals surface area contributed by atoms with Crippen molar-refractivity contribution in [2.45, 2.75) is 6.18 Å². The molecule has 3 aromatic carbocycles. The highest BCUT2D eigenvalue weighted by atomic mass is 19.4. The Morgan fingerprint density at radius 3 is 2.18 bits per heavy atom. The van der Waals surface area contributed by atoms with Crippen LogP contribution in [0.15, 0.2) is 84.9 Å². The molecule has 0 saturated heterocycles. The quantitative estimate of drug-likeness (QED) is 0.389. The molecule has 1 heterocycles. The second-order valence-electron chi connectivity index (χ2n) is 7.01. The highest BCUT2D eigenvalue weighted by molar-refractivity contribution is 5.98. The van der Waals surface area contributed by atoms with Crippen LogP contribution in [-0.4, -0.2) is 29.0 Å². The van der Waals surface area contributed by atoms with Gasteiger partial charge in [0.2, 0.25) is 0 Å². The van der Waals surface area contributed by atoms with E-state index < -0.39 is 12.1 Å². The summed E-state index contributed by atoms with van der Waals surface area (Å²) in [5.41, 5.74) is 2.49. The number of nitrogens with one attached hydrogen (secondary N) is 2. The number of ether oxygens (including phenoxy) is 1. The van der Waals surface area contributed by atoms with E-state index in [4.69, 9.17) is 4.74 Å². The topological polar surface area (TPSA) is 68.2 Å². The van der Waals surface area contributed by atoms with E-state index in [1.807, 2.05) is 59.9 Å². The Hall–Kier alpha value is -4.27. The molecular weight excluding hydrogens is 433 g/mol. The van der Waals surface area contributed by atoms with Crippen LogP contribution >= 0.6 is 0 Å². The van der Waals surface area contributed by atoms with Crippen molar-refractivity contribution in [3.05, 3.63) is 84.9 Å². The third kappa shape index (κ3) is 4.98. The summed E-state index contributed by atoms with van der Waals surface area (Å²) < 4.78 is 45.1. The number of rotatable bonds is 6. The minimum atomic E-state index is -5.00. The SMILES string of the molecule is COc1ccc(-c2cc(Nc3ccccc3NC(=O)C(F)(F)F)n(-c3ccccc3)n2)cc1. The zero-order valence-electron chi connectivity index (χ0n) is 17.4. The summed E-state index contributed by atoms with van der Waals surface area (Å²) in [6.07, 6.45) is -5.00. The maximum atomic E-state index is 12.8. The summed E-state index contributed by atoms with van der Waals surface area (Å²) in [6, 6.07) is 24.5. The zero-order chi connectivity index (χ0) is 23.4. The van der Waals surface area contributed by atoms with Crippen LogP contribution in [0.2, 0.25) is 0 Å². The van der Waals surface area contributed by atoms with Gasteiger partial charge in [-0.3, -0.25) is 4.79 Å². The Balaban J connectivity index is 1.73. The molecule has 0 spiro atoms. The van der Waals surface area contributed by atoms with Crippen LogP contribution in [0.25, 0.3) is 16.9 Å². The van der Waals surface area contributed by atoms with Gasteiger partial charge >= 0.3 is 12.1 Å². The van der Waals surface area contributed by atoms with E-state index in [9.17, 15) is 18.0 Å². The second kappa shape index (κ2) is 9.07. The van der Waals surface area contributed by atoms with Gasteiger partial charge in [-0.15, -0.1) is 0 Å². The van der Waals surface area contributed by atoms with Crippen LogP contribution in [0, 0.1) is 0 Å². The molecule has 0 radical (unpaired) electrons. The summed E-state index contributed by atoms with van der Waals surface area (Å²) in [4.78, 5) is 11.5. The molecule has 0 aliphatic carbocycles. The van der Waals surface area contributed by atoms with Crippen molar-refractivity contribution in [1.29, 1.82) is 0 Å². The maximum Gasteiger partial charge on any atom is 0.471 e. The number of methoxy groups -OCH3 is 1. The van der Waals surface area contributed by atoms with E-state index in [0.717, 1.165) is 11.3 Å². The van der Waals surface area contributed by atoms with Gasteiger partial charge in [0.15, 0.2) is 0 Å². The minimum absolute atomic E-state index is 0.00775. The van der Waals surface area contributed by atoms with Crippen molar-refractivity contribution in [2.75, 3.05) is 17.7 Å². The van der Waals surface area contributed by atoms with E-state index in [-0.39, 0.29) is 11.4 Å². The highest BCUT2D eigenvalue weighted by Crippen LogP contribution is 2.31. The molecule has 0 bridgehead atoms. The standard InChI is InChI=1S/C24H19F3N4O2/c1-33-18-13-11-16(12-14-18)21-15-22(31(30-21)17-7-3-2-4-8-17)28-19-9-5-6-10-20(19)29-23(32)24(25,26)27/h2-15,28H,1H3,(H,29,32). The molecule has 0 fully saturated rings. The summed E-state index contributed by atoms with van der Waals surface area (Å²) >= 11 is 0. The van der Waals surface area contributed by atoms with Crippen LogP contribution in [0.1, 0.15) is 0 Å². The molecule has 1 aromatic heterocycles. The molecule has 0 aliphatic heterocycles. The van der Waals surface area contributed by atoms with Crippen molar-refractivity contribution in [1.82, 2.24) is 9.78 Å². The lowest BCUT2D eigenvalue weighted by molar-refractivity contribution is -0.167.